The van der Waals surface area contributed by atoms with E-state index in [2.05, 4.69) is 12.6 Å². The molecule has 1 fully saturated rings. The minimum absolute atomic E-state index is 0.192. The van der Waals surface area contributed by atoms with Crippen LogP contribution in [0.1, 0.15) is 6.42 Å². The Kier molecular flexibility index (Phi) is 3.37. The van der Waals surface area contributed by atoms with E-state index in [4.69, 9.17) is 5.11 Å². The molecule has 72 valence electrons. The van der Waals surface area contributed by atoms with E-state index in [1.54, 1.807) is 0 Å². The molecule has 1 rings (SSSR count). The molecule has 12 heavy (non-hydrogen) atoms. The first-order valence-electron chi connectivity index (χ1n) is 3.91. The third-order valence-corrected chi connectivity index (χ3v) is 2.87. The molecule has 0 aromatic rings. The van der Waals surface area contributed by atoms with E-state index in [1.165, 1.54) is 0 Å². The highest BCUT2D eigenvalue weighted by Gasteiger charge is 2.40. The van der Waals surface area contributed by atoms with Gasteiger partial charge in [0.25, 0.3) is 0 Å². The van der Waals surface area contributed by atoms with Crippen LogP contribution < -0.4 is 0 Å². The first-order valence-corrected chi connectivity index (χ1v) is 4.42. The summed E-state index contributed by atoms with van der Waals surface area (Å²) in [5.74, 6) is -0.383. The minimum atomic E-state index is -1.20. The summed E-state index contributed by atoms with van der Waals surface area (Å²) in [5, 5.41) is 36.3. The first-order chi connectivity index (χ1) is 5.57. The fourth-order valence-electron chi connectivity index (χ4n) is 1.48. The van der Waals surface area contributed by atoms with Gasteiger partial charge in [0.1, 0.15) is 6.10 Å². The third kappa shape index (κ3) is 1.75. The average molecular weight is 194 g/mol. The predicted molar refractivity (Wildman–Crippen MR) is 46.0 cm³/mol. The lowest BCUT2D eigenvalue weighted by atomic mass is 9.83. The zero-order valence-electron chi connectivity index (χ0n) is 6.54. The summed E-state index contributed by atoms with van der Waals surface area (Å²) in [6.07, 6.45) is -2.84. The topological polar surface area (TPSA) is 80.9 Å². The van der Waals surface area contributed by atoms with Gasteiger partial charge in [-0.05, 0) is 6.42 Å². The first kappa shape index (κ1) is 10.3. The summed E-state index contributed by atoms with van der Waals surface area (Å²) in [6, 6.07) is 0. The van der Waals surface area contributed by atoms with Crippen LogP contribution in [0.25, 0.3) is 0 Å². The number of aliphatic hydroxyl groups is 4. The van der Waals surface area contributed by atoms with Crippen LogP contribution in [0.4, 0.5) is 0 Å². The highest BCUT2D eigenvalue weighted by Crippen LogP contribution is 2.28. The van der Waals surface area contributed by atoms with Gasteiger partial charge in [0.05, 0.1) is 12.2 Å². The number of hydrogen-bond acceptors (Lipinski definition) is 5. The van der Waals surface area contributed by atoms with Crippen LogP contribution in [-0.4, -0.2) is 50.6 Å². The SMILES string of the molecule is OC[C@H]1C[C@@H](S)[C@H](O)[C@H](O)[C@H]1O. The monoisotopic (exact) mass is 194 g/mol. The Hall–Kier alpha value is 0.190. The highest BCUT2D eigenvalue weighted by atomic mass is 32.1. The van der Waals surface area contributed by atoms with Gasteiger partial charge in [-0.2, -0.15) is 12.6 Å². The Labute approximate surface area is 76.3 Å². The molecule has 0 bridgehead atoms. The van der Waals surface area contributed by atoms with Crippen LogP contribution in [-0.2, 0) is 0 Å². The summed E-state index contributed by atoms with van der Waals surface area (Å²) in [4.78, 5) is 0. The van der Waals surface area contributed by atoms with E-state index in [9.17, 15) is 15.3 Å². The van der Waals surface area contributed by atoms with E-state index in [0.29, 0.717) is 6.42 Å². The maximum atomic E-state index is 9.32. The standard InChI is InChI=1S/C7H14O4S/c8-2-3-1-4(12)6(10)7(11)5(3)9/h3-12H,1-2H2/t3-,4-,5+,6+,7-/m1/s1. The molecule has 0 aromatic carbocycles. The largest absolute Gasteiger partial charge is 0.396 e. The Balaban J connectivity index is 2.63. The van der Waals surface area contributed by atoms with E-state index >= 15 is 0 Å². The Morgan fingerprint density at radius 3 is 2.17 bits per heavy atom. The lowest BCUT2D eigenvalue weighted by Crippen LogP contribution is -2.52. The van der Waals surface area contributed by atoms with Crippen molar-refractivity contribution in [2.75, 3.05) is 6.61 Å². The molecule has 0 unspecified atom stereocenters. The van der Waals surface area contributed by atoms with E-state index in [0.717, 1.165) is 0 Å². The molecule has 5 heteroatoms. The van der Waals surface area contributed by atoms with Crippen LogP contribution in [0.3, 0.4) is 0 Å². The van der Waals surface area contributed by atoms with Crippen LogP contribution in [0, 0.1) is 5.92 Å². The van der Waals surface area contributed by atoms with E-state index in [1.807, 2.05) is 0 Å². The quantitative estimate of drug-likeness (QED) is 0.325. The Morgan fingerprint density at radius 2 is 1.67 bits per heavy atom. The molecule has 4 nitrogen and oxygen atoms in total. The summed E-state index contributed by atoms with van der Waals surface area (Å²) >= 11 is 4.04. The maximum Gasteiger partial charge on any atom is 0.107 e. The predicted octanol–water partition coefficient (Wildman–Crippen LogP) is -1.62. The lowest BCUT2D eigenvalue weighted by Gasteiger charge is -2.37. The highest BCUT2D eigenvalue weighted by molar-refractivity contribution is 7.81. The van der Waals surface area contributed by atoms with Crippen LogP contribution in [0.5, 0.6) is 0 Å². The fraction of sp³-hybridized carbons (Fsp3) is 1.00. The second-order valence-electron chi connectivity index (χ2n) is 3.22. The van der Waals surface area contributed by atoms with Crippen molar-refractivity contribution in [1.29, 1.82) is 0 Å². The number of rotatable bonds is 1. The van der Waals surface area contributed by atoms with Crippen molar-refractivity contribution < 1.29 is 20.4 Å². The Bertz CT molecular complexity index is 150. The summed E-state index contributed by atoms with van der Waals surface area (Å²) in [5.41, 5.74) is 0. The van der Waals surface area contributed by atoms with Crippen molar-refractivity contribution in [1.82, 2.24) is 0 Å². The molecular weight excluding hydrogens is 180 g/mol. The normalized spacial score (nSPS) is 49.2. The number of aliphatic hydroxyl groups excluding tert-OH is 4. The van der Waals surface area contributed by atoms with Gasteiger partial charge in [-0.3, -0.25) is 0 Å². The number of thiol groups is 1. The second kappa shape index (κ2) is 3.93. The Morgan fingerprint density at radius 1 is 1.08 bits per heavy atom. The van der Waals surface area contributed by atoms with E-state index < -0.39 is 18.3 Å². The molecule has 1 aliphatic carbocycles. The summed E-state index contributed by atoms with van der Waals surface area (Å²) < 4.78 is 0. The molecule has 0 heterocycles. The van der Waals surface area contributed by atoms with Gasteiger partial charge in [-0.25, -0.2) is 0 Å². The zero-order valence-corrected chi connectivity index (χ0v) is 7.43. The molecule has 4 N–H and O–H groups in total. The molecule has 1 aliphatic rings. The van der Waals surface area contributed by atoms with Crippen molar-refractivity contribution in [3.8, 4) is 0 Å². The fourth-order valence-corrected chi connectivity index (χ4v) is 1.93. The molecule has 1 saturated carbocycles. The summed E-state index contributed by atoms with van der Waals surface area (Å²) in [7, 11) is 0. The molecule has 0 amide bonds. The molecule has 0 aliphatic heterocycles. The molecular formula is C7H14O4S. The van der Waals surface area contributed by atoms with Gasteiger partial charge in [-0.1, -0.05) is 0 Å². The van der Waals surface area contributed by atoms with Gasteiger partial charge in [-0.15, -0.1) is 0 Å². The van der Waals surface area contributed by atoms with E-state index in [-0.39, 0.29) is 17.8 Å². The van der Waals surface area contributed by atoms with Crippen molar-refractivity contribution in [2.45, 2.75) is 30.0 Å². The molecule has 5 atom stereocenters. The number of hydrogen-bond donors (Lipinski definition) is 5. The van der Waals surface area contributed by atoms with Gasteiger partial charge >= 0.3 is 0 Å². The van der Waals surface area contributed by atoms with Crippen LogP contribution in [0.15, 0.2) is 0 Å². The van der Waals surface area contributed by atoms with Gasteiger partial charge < -0.3 is 20.4 Å². The maximum absolute atomic E-state index is 9.32. The minimum Gasteiger partial charge on any atom is -0.396 e. The average Bonchev–Trinajstić information content (AvgIpc) is 2.08. The smallest absolute Gasteiger partial charge is 0.107 e. The van der Waals surface area contributed by atoms with Gasteiger partial charge in [0.2, 0.25) is 0 Å². The van der Waals surface area contributed by atoms with Gasteiger partial charge in [0, 0.05) is 17.8 Å². The van der Waals surface area contributed by atoms with Crippen LogP contribution >= 0.6 is 12.6 Å². The van der Waals surface area contributed by atoms with Gasteiger partial charge in [0.15, 0.2) is 0 Å². The van der Waals surface area contributed by atoms with Crippen molar-refractivity contribution in [3.63, 3.8) is 0 Å². The lowest BCUT2D eigenvalue weighted by molar-refractivity contribution is -0.114. The second-order valence-corrected chi connectivity index (χ2v) is 3.88. The van der Waals surface area contributed by atoms with Crippen molar-refractivity contribution >= 4 is 12.6 Å². The van der Waals surface area contributed by atoms with Crippen molar-refractivity contribution in [3.05, 3.63) is 0 Å². The molecule has 0 spiro atoms. The summed E-state index contributed by atoms with van der Waals surface area (Å²) in [6.45, 7) is -0.192. The molecule has 0 aromatic heterocycles. The van der Waals surface area contributed by atoms with Crippen molar-refractivity contribution in [2.24, 2.45) is 5.92 Å². The molecule has 0 saturated heterocycles. The third-order valence-electron chi connectivity index (χ3n) is 2.36. The molecule has 0 radical (unpaired) electrons. The zero-order chi connectivity index (χ0) is 9.30. The van der Waals surface area contributed by atoms with Crippen LogP contribution in [0.2, 0.25) is 0 Å².